The molecule has 4 aromatic rings. The second kappa shape index (κ2) is 6.58. The van der Waals surface area contributed by atoms with Crippen molar-refractivity contribution < 1.29 is 0 Å². The standard InChI is InChI=1S/C22H24ClN7O/c1-24-16-8-11-4-7-17(16)30(11)22-26-20-18(21(31)29(22)3)13(9-25-20)12-5-6-15-14(19(12)23)10-28(2)27-15/h5-6,9-11,16-17,24-25H,4,7-8H2,1-3H3/t11-,16+,17?/m0/s1. The van der Waals surface area contributed by atoms with Crippen molar-refractivity contribution >= 4 is 39.5 Å². The number of hydrogen-bond donors (Lipinski definition) is 2. The molecule has 0 saturated carbocycles. The quantitative estimate of drug-likeness (QED) is 0.515. The minimum atomic E-state index is -0.0640. The van der Waals surface area contributed by atoms with Gasteiger partial charge in [0.2, 0.25) is 5.95 Å². The molecule has 1 aromatic carbocycles. The lowest BCUT2D eigenvalue weighted by atomic mass is 9.96. The molecule has 31 heavy (non-hydrogen) atoms. The summed E-state index contributed by atoms with van der Waals surface area (Å²) in [6.45, 7) is 0. The molecule has 2 N–H and O–H groups in total. The first-order valence-electron chi connectivity index (χ1n) is 10.6. The molecule has 0 radical (unpaired) electrons. The summed E-state index contributed by atoms with van der Waals surface area (Å²) in [5.74, 6) is 0.741. The number of aryl methyl sites for hydroxylation is 1. The molecular weight excluding hydrogens is 414 g/mol. The first-order valence-corrected chi connectivity index (χ1v) is 11.0. The van der Waals surface area contributed by atoms with Crippen molar-refractivity contribution in [2.24, 2.45) is 14.1 Å². The van der Waals surface area contributed by atoms with Crippen LogP contribution in [0.4, 0.5) is 5.95 Å². The Morgan fingerprint density at radius 1 is 1.23 bits per heavy atom. The largest absolute Gasteiger partial charge is 0.345 e. The maximum atomic E-state index is 13.5. The average Bonchev–Trinajstić information content (AvgIpc) is 3.52. The van der Waals surface area contributed by atoms with Gasteiger partial charge < -0.3 is 15.2 Å². The van der Waals surface area contributed by atoms with Gasteiger partial charge in [0.15, 0.2) is 0 Å². The maximum Gasteiger partial charge on any atom is 0.264 e. The van der Waals surface area contributed by atoms with Crippen molar-refractivity contribution in [3.05, 3.63) is 39.9 Å². The fraction of sp³-hybridized carbons (Fsp3) is 0.409. The van der Waals surface area contributed by atoms with E-state index in [9.17, 15) is 4.79 Å². The normalized spacial score (nSPS) is 23.0. The van der Waals surface area contributed by atoms with Gasteiger partial charge in [-0.2, -0.15) is 10.1 Å². The number of aromatic amines is 1. The van der Waals surface area contributed by atoms with E-state index >= 15 is 0 Å². The van der Waals surface area contributed by atoms with Crippen LogP contribution in [0.2, 0.25) is 5.02 Å². The molecule has 9 heteroatoms. The molecule has 0 spiro atoms. The number of aromatic nitrogens is 5. The van der Waals surface area contributed by atoms with E-state index in [1.807, 2.05) is 45.7 Å². The molecule has 0 aliphatic carbocycles. The molecule has 160 valence electrons. The summed E-state index contributed by atoms with van der Waals surface area (Å²) in [5, 5.41) is 9.86. The first kappa shape index (κ1) is 18.9. The van der Waals surface area contributed by atoms with Gasteiger partial charge in [-0.25, -0.2) is 0 Å². The molecule has 0 amide bonds. The molecule has 8 nitrogen and oxygen atoms in total. The number of H-pyrrole nitrogens is 1. The van der Waals surface area contributed by atoms with Crippen LogP contribution in [0.1, 0.15) is 19.3 Å². The summed E-state index contributed by atoms with van der Waals surface area (Å²) in [7, 11) is 5.70. The lowest BCUT2D eigenvalue weighted by molar-refractivity contribution is 0.445. The fourth-order valence-corrected chi connectivity index (χ4v) is 5.90. The Morgan fingerprint density at radius 3 is 2.84 bits per heavy atom. The first-order chi connectivity index (χ1) is 15.0. The van der Waals surface area contributed by atoms with Crippen molar-refractivity contribution in [2.75, 3.05) is 11.9 Å². The highest BCUT2D eigenvalue weighted by Crippen LogP contribution is 2.41. The Kier molecular flexibility index (Phi) is 4.01. The Bertz CT molecular complexity index is 1400. The Morgan fingerprint density at radius 2 is 2.06 bits per heavy atom. The number of likely N-dealkylation sites (N-methyl/N-ethyl adjacent to an activating group) is 1. The third kappa shape index (κ3) is 2.55. The van der Waals surface area contributed by atoms with Gasteiger partial charge in [-0.05, 0) is 32.4 Å². The van der Waals surface area contributed by atoms with Crippen molar-refractivity contribution in [3.63, 3.8) is 0 Å². The molecule has 3 aromatic heterocycles. The summed E-state index contributed by atoms with van der Waals surface area (Å²) < 4.78 is 3.44. The van der Waals surface area contributed by atoms with Gasteiger partial charge >= 0.3 is 0 Å². The average molecular weight is 438 g/mol. The van der Waals surface area contributed by atoms with E-state index in [1.165, 1.54) is 0 Å². The second-order valence-corrected chi connectivity index (χ2v) is 9.08. The Hall–Kier alpha value is -2.84. The molecular formula is C22H24ClN7O. The van der Waals surface area contributed by atoms with Crippen LogP contribution >= 0.6 is 11.6 Å². The van der Waals surface area contributed by atoms with Gasteiger partial charge in [0.1, 0.15) is 5.65 Å². The lowest BCUT2D eigenvalue weighted by Crippen LogP contribution is -2.41. The van der Waals surface area contributed by atoms with Gasteiger partial charge in [0.05, 0.1) is 15.9 Å². The predicted octanol–water partition coefficient (Wildman–Crippen LogP) is 2.80. The number of fused-ring (bicyclic) bond motifs is 4. The van der Waals surface area contributed by atoms with Crippen LogP contribution in [0.3, 0.4) is 0 Å². The third-order valence-electron chi connectivity index (χ3n) is 7.06. The number of nitrogens with one attached hydrogen (secondary N) is 2. The minimum Gasteiger partial charge on any atom is -0.345 e. The zero-order valence-corrected chi connectivity index (χ0v) is 18.4. The molecule has 1 unspecified atom stereocenters. The zero-order chi connectivity index (χ0) is 21.4. The Labute approximate surface area is 183 Å². The van der Waals surface area contributed by atoms with E-state index < -0.39 is 0 Å². The van der Waals surface area contributed by atoms with Gasteiger partial charge in [0.25, 0.3) is 5.56 Å². The topological polar surface area (TPSA) is 83.8 Å². The summed E-state index contributed by atoms with van der Waals surface area (Å²) >= 11 is 6.74. The Balaban J connectivity index is 1.52. The van der Waals surface area contributed by atoms with Crippen LogP contribution in [0.25, 0.3) is 33.1 Å². The smallest absolute Gasteiger partial charge is 0.264 e. The minimum absolute atomic E-state index is 0.0640. The van der Waals surface area contributed by atoms with Crippen molar-refractivity contribution in [1.29, 1.82) is 0 Å². The number of benzene rings is 1. The molecule has 2 aliphatic rings. The van der Waals surface area contributed by atoms with Crippen LogP contribution < -0.4 is 15.8 Å². The molecule has 2 bridgehead atoms. The van der Waals surface area contributed by atoms with Crippen LogP contribution in [0.5, 0.6) is 0 Å². The predicted molar refractivity (Wildman–Crippen MR) is 123 cm³/mol. The summed E-state index contributed by atoms with van der Waals surface area (Å²) in [5.41, 5.74) is 2.93. The van der Waals surface area contributed by atoms with Gasteiger partial charge in [-0.1, -0.05) is 17.7 Å². The molecule has 2 saturated heterocycles. The summed E-state index contributed by atoms with van der Waals surface area (Å²) in [4.78, 5) is 24.0. The van der Waals surface area contributed by atoms with Crippen LogP contribution in [0, 0.1) is 0 Å². The second-order valence-electron chi connectivity index (χ2n) is 8.70. The molecule has 2 aliphatic heterocycles. The zero-order valence-electron chi connectivity index (χ0n) is 17.7. The summed E-state index contributed by atoms with van der Waals surface area (Å²) in [6, 6.07) is 5.10. The van der Waals surface area contributed by atoms with E-state index in [-0.39, 0.29) is 5.56 Å². The fourth-order valence-electron chi connectivity index (χ4n) is 5.59. The van der Waals surface area contributed by atoms with Gasteiger partial charge in [-0.3, -0.25) is 14.0 Å². The molecule has 2 fully saturated rings. The molecule has 5 heterocycles. The maximum absolute atomic E-state index is 13.5. The lowest BCUT2D eigenvalue weighted by Gasteiger charge is -2.26. The number of rotatable bonds is 3. The van der Waals surface area contributed by atoms with E-state index in [1.54, 1.807) is 9.25 Å². The van der Waals surface area contributed by atoms with Gasteiger partial charge in [-0.15, -0.1) is 0 Å². The monoisotopic (exact) mass is 437 g/mol. The van der Waals surface area contributed by atoms with E-state index in [4.69, 9.17) is 16.6 Å². The SMILES string of the molecule is CN[C@@H]1C[C@@H]2CCC1N2c1nc2[nH]cc(-c3ccc4nn(C)cc4c3Cl)c2c(=O)n1C. The van der Waals surface area contributed by atoms with Crippen LogP contribution in [-0.4, -0.2) is 49.5 Å². The molecule has 6 rings (SSSR count). The van der Waals surface area contributed by atoms with Crippen molar-refractivity contribution in [1.82, 2.24) is 29.6 Å². The highest BCUT2D eigenvalue weighted by atomic mass is 35.5. The molecule has 3 atom stereocenters. The van der Waals surface area contributed by atoms with Crippen molar-refractivity contribution in [2.45, 2.75) is 37.4 Å². The highest BCUT2D eigenvalue weighted by molar-refractivity contribution is 6.38. The van der Waals surface area contributed by atoms with Crippen LogP contribution in [0.15, 0.2) is 29.3 Å². The number of halogens is 1. The third-order valence-corrected chi connectivity index (χ3v) is 7.46. The number of hydrogen-bond acceptors (Lipinski definition) is 5. The van der Waals surface area contributed by atoms with Crippen LogP contribution in [-0.2, 0) is 14.1 Å². The van der Waals surface area contributed by atoms with E-state index in [0.717, 1.165) is 47.2 Å². The number of nitrogens with zero attached hydrogens (tertiary/aromatic N) is 5. The number of anilines is 1. The van der Waals surface area contributed by atoms with E-state index in [0.29, 0.717) is 34.2 Å². The highest BCUT2D eigenvalue weighted by Gasteiger charge is 2.47. The van der Waals surface area contributed by atoms with Gasteiger partial charge in [0, 0.05) is 61.1 Å². The van der Waals surface area contributed by atoms with Crippen molar-refractivity contribution in [3.8, 4) is 11.1 Å². The van der Waals surface area contributed by atoms with E-state index in [2.05, 4.69) is 20.3 Å². The summed E-state index contributed by atoms with van der Waals surface area (Å²) in [6.07, 6.45) is 7.09.